The summed E-state index contributed by atoms with van der Waals surface area (Å²) in [7, 11) is 1.70. The summed E-state index contributed by atoms with van der Waals surface area (Å²) < 4.78 is 57.5. The molecule has 2 N–H and O–H groups in total. The summed E-state index contributed by atoms with van der Waals surface area (Å²) in [5.74, 6) is -7.16. The number of rotatable bonds is 8. The molecule has 120 valence electrons. The Hall–Kier alpha value is -1.34. The summed E-state index contributed by atoms with van der Waals surface area (Å²) in [6, 6.07) is 0.131. The first-order valence-electron chi connectivity index (χ1n) is 6.66. The molecule has 0 aliphatic heterocycles. The van der Waals surface area contributed by atoms with Crippen LogP contribution in [0, 0.1) is 23.3 Å². The van der Waals surface area contributed by atoms with Gasteiger partial charge in [-0.05, 0) is 26.3 Å². The molecule has 0 aromatic heterocycles. The van der Waals surface area contributed by atoms with E-state index in [-0.39, 0.29) is 19.3 Å². The Bertz CT molecular complexity index is 444. The molecule has 0 radical (unpaired) electrons. The molecule has 0 amide bonds. The lowest BCUT2D eigenvalue weighted by atomic mass is 9.92. The van der Waals surface area contributed by atoms with Crippen LogP contribution in [0.4, 0.5) is 17.6 Å². The van der Waals surface area contributed by atoms with E-state index in [0.29, 0.717) is 19.3 Å². The minimum absolute atomic E-state index is 0.0999. The highest BCUT2D eigenvalue weighted by atomic mass is 19.2. The summed E-state index contributed by atoms with van der Waals surface area (Å²) in [6.45, 7) is 1.66. The standard InChI is InChI=1S/C14H19F4NO2/c1-3-14(8-20,19-2)5-4-6-21-13-11(17)9(15)7-10(16)12(13)18/h7,19-20H,3-6,8H2,1-2H3. The maximum absolute atomic E-state index is 13.3. The molecule has 1 atom stereocenters. The Morgan fingerprint density at radius 3 is 2.19 bits per heavy atom. The van der Waals surface area contributed by atoms with Crippen molar-refractivity contribution in [3.63, 3.8) is 0 Å². The van der Waals surface area contributed by atoms with Crippen molar-refractivity contribution in [3.05, 3.63) is 29.3 Å². The molecule has 0 saturated carbocycles. The van der Waals surface area contributed by atoms with E-state index in [0.717, 1.165) is 0 Å². The van der Waals surface area contributed by atoms with Crippen LogP contribution < -0.4 is 10.1 Å². The monoisotopic (exact) mass is 309 g/mol. The van der Waals surface area contributed by atoms with Gasteiger partial charge in [0.1, 0.15) is 0 Å². The van der Waals surface area contributed by atoms with Gasteiger partial charge in [0.25, 0.3) is 0 Å². The van der Waals surface area contributed by atoms with Gasteiger partial charge in [-0.1, -0.05) is 6.92 Å². The summed E-state index contributed by atoms with van der Waals surface area (Å²) in [5, 5.41) is 12.3. The van der Waals surface area contributed by atoms with E-state index in [2.05, 4.69) is 5.32 Å². The van der Waals surface area contributed by atoms with Crippen molar-refractivity contribution in [2.75, 3.05) is 20.3 Å². The number of hydrogen-bond acceptors (Lipinski definition) is 3. The Kier molecular flexibility index (Phi) is 6.42. The first-order chi connectivity index (χ1) is 9.90. The number of nitrogens with one attached hydrogen (secondary N) is 1. The molecular formula is C14H19F4NO2. The zero-order chi connectivity index (χ0) is 16.0. The largest absolute Gasteiger partial charge is 0.487 e. The lowest BCUT2D eigenvalue weighted by Crippen LogP contribution is -2.46. The lowest BCUT2D eigenvalue weighted by Gasteiger charge is -2.30. The topological polar surface area (TPSA) is 41.5 Å². The van der Waals surface area contributed by atoms with Gasteiger partial charge in [0.2, 0.25) is 11.6 Å². The normalized spacial score (nSPS) is 14.0. The highest BCUT2D eigenvalue weighted by Gasteiger charge is 2.25. The number of aliphatic hydroxyl groups is 1. The van der Waals surface area contributed by atoms with Gasteiger partial charge >= 0.3 is 0 Å². The van der Waals surface area contributed by atoms with E-state index in [9.17, 15) is 22.7 Å². The SMILES string of the molecule is CCC(CO)(CCCOc1c(F)c(F)cc(F)c1F)NC. The predicted octanol–water partition coefficient (Wildman–Crippen LogP) is 2.76. The fourth-order valence-corrected chi connectivity index (χ4v) is 2.01. The van der Waals surface area contributed by atoms with Crippen molar-refractivity contribution in [2.45, 2.75) is 31.7 Å². The van der Waals surface area contributed by atoms with Crippen LogP contribution in [0.2, 0.25) is 0 Å². The molecule has 1 aromatic carbocycles. The molecule has 0 bridgehead atoms. The summed E-state index contributed by atoms with van der Waals surface area (Å²) in [5.41, 5.74) is -0.506. The number of benzene rings is 1. The second kappa shape index (κ2) is 7.61. The number of likely N-dealkylation sites (N-methyl/N-ethyl adjacent to an activating group) is 1. The molecule has 3 nitrogen and oxygen atoms in total. The molecule has 0 spiro atoms. The van der Waals surface area contributed by atoms with E-state index in [1.165, 1.54) is 0 Å². The van der Waals surface area contributed by atoms with Crippen molar-refractivity contribution in [1.29, 1.82) is 0 Å². The molecule has 0 heterocycles. The van der Waals surface area contributed by atoms with Crippen molar-refractivity contribution >= 4 is 0 Å². The average molecular weight is 309 g/mol. The minimum atomic E-state index is -1.55. The lowest BCUT2D eigenvalue weighted by molar-refractivity contribution is 0.144. The highest BCUT2D eigenvalue weighted by molar-refractivity contribution is 5.28. The Labute approximate surface area is 120 Å². The Morgan fingerprint density at radius 1 is 1.19 bits per heavy atom. The molecule has 1 unspecified atom stereocenters. The van der Waals surface area contributed by atoms with Crippen LogP contribution in [-0.2, 0) is 0 Å². The van der Waals surface area contributed by atoms with Gasteiger partial charge in [-0.15, -0.1) is 0 Å². The van der Waals surface area contributed by atoms with Gasteiger partial charge in [-0.2, -0.15) is 8.78 Å². The van der Waals surface area contributed by atoms with Crippen molar-refractivity contribution in [3.8, 4) is 5.75 Å². The first-order valence-corrected chi connectivity index (χ1v) is 6.66. The summed E-state index contributed by atoms with van der Waals surface area (Å²) >= 11 is 0. The van der Waals surface area contributed by atoms with Crippen molar-refractivity contribution < 1.29 is 27.4 Å². The molecular weight excluding hydrogens is 290 g/mol. The molecule has 7 heteroatoms. The molecule has 0 fully saturated rings. The fraction of sp³-hybridized carbons (Fsp3) is 0.571. The van der Waals surface area contributed by atoms with E-state index in [1.807, 2.05) is 6.92 Å². The second-order valence-electron chi connectivity index (χ2n) is 4.79. The number of halogens is 4. The van der Waals surface area contributed by atoms with Crippen LogP contribution in [0.15, 0.2) is 6.07 Å². The minimum Gasteiger partial charge on any atom is -0.487 e. The van der Waals surface area contributed by atoms with Crippen LogP contribution in [-0.4, -0.2) is 30.9 Å². The van der Waals surface area contributed by atoms with E-state index in [4.69, 9.17) is 4.74 Å². The maximum Gasteiger partial charge on any atom is 0.203 e. The molecule has 0 aliphatic carbocycles. The molecule has 1 aromatic rings. The van der Waals surface area contributed by atoms with Gasteiger partial charge in [-0.25, -0.2) is 8.78 Å². The van der Waals surface area contributed by atoms with Crippen LogP contribution in [0.25, 0.3) is 0 Å². The third-order valence-corrected chi connectivity index (χ3v) is 3.63. The van der Waals surface area contributed by atoms with Gasteiger partial charge < -0.3 is 15.2 Å². The number of hydrogen-bond donors (Lipinski definition) is 2. The maximum atomic E-state index is 13.3. The van der Waals surface area contributed by atoms with Crippen LogP contribution >= 0.6 is 0 Å². The number of aliphatic hydroxyl groups excluding tert-OH is 1. The van der Waals surface area contributed by atoms with E-state index < -0.39 is 34.6 Å². The van der Waals surface area contributed by atoms with Gasteiger partial charge in [0, 0.05) is 11.6 Å². The summed E-state index contributed by atoms with van der Waals surface area (Å²) in [4.78, 5) is 0. The average Bonchev–Trinajstić information content (AvgIpc) is 2.49. The zero-order valence-electron chi connectivity index (χ0n) is 12.0. The zero-order valence-corrected chi connectivity index (χ0v) is 12.0. The smallest absolute Gasteiger partial charge is 0.203 e. The van der Waals surface area contributed by atoms with Gasteiger partial charge in [0.05, 0.1) is 13.2 Å². The van der Waals surface area contributed by atoms with Crippen LogP contribution in [0.3, 0.4) is 0 Å². The van der Waals surface area contributed by atoms with E-state index >= 15 is 0 Å². The molecule has 21 heavy (non-hydrogen) atoms. The Morgan fingerprint density at radius 2 is 1.76 bits per heavy atom. The molecule has 0 aliphatic rings. The quantitative estimate of drug-likeness (QED) is 0.441. The molecule has 0 saturated heterocycles. The van der Waals surface area contributed by atoms with Gasteiger partial charge in [0.15, 0.2) is 17.4 Å². The van der Waals surface area contributed by atoms with Crippen molar-refractivity contribution in [2.24, 2.45) is 0 Å². The third-order valence-electron chi connectivity index (χ3n) is 3.63. The molecule has 1 rings (SSSR count). The van der Waals surface area contributed by atoms with Gasteiger partial charge in [-0.3, -0.25) is 0 Å². The van der Waals surface area contributed by atoms with Crippen molar-refractivity contribution in [1.82, 2.24) is 5.32 Å². The van der Waals surface area contributed by atoms with Crippen LogP contribution in [0.5, 0.6) is 5.75 Å². The third kappa shape index (κ3) is 4.07. The number of ether oxygens (including phenoxy) is 1. The predicted molar refractivity (Wildman–Crippen MR) is 70.2 cm³/mol. The van der Waals surface area contributed by atoms with Crippen LogP contribution in [0.1, 0.15) is 26.2 Å². The summed E-state index contributed by atoms with van der Waals surface area (Å²) in [6.07, 6.45) is 1.49. The highest BCUT2D eigenvalue weighted by Crippen LogP contribution is 2.27. The first kappa shape index (κ1) is 17.7. The second-order valence-corrected chi connectivity index (χ2v) is 4.79. The Balaban J connectivity index is 2.65. The van der Waals surface area contributed by atoms with E-state index in [1.54, 1.807) is 7.05 Å². The fourth-order valence-electron chi connectivity index (χ4n) is 2.01.